The molecule has 1 atom stereocenters. The van der Waals surface area contributed by atoms with Crippen molar-refractivity contribution in [2.24, 2.45) is 12.5 Å². The van der Waals surface area contributed by atoms with Gasteiger partial charge in [0.05, 0.1) is 5.69 Å². The fraction of sp³-hybridized carbons (Fsp3) is 0.769. The van der Waals surface area contributed by atoms with Crippen LogP contribution >= 0.6 is 0 Å². The van der Waals surface area contributed by atoms with Gasteiger partial charge in [-0.25, -0.2) is 0 Å². The summed E-state index contributed by atoms with van der Waals surface area (Å²) in [4.78, 5) is 0. The van der Waals surface area contributed by atoms with Crippen LogP contribution in [0, 0.1) is 5.41 Å². The molecule has 2 N–H and O–H groups in total. The molecule has 1 aliphatic rings. The smallest absolute Gasteiger partial charge is 0.0547 e. The van der Waals surface area contributed by atoms with E-state index in [2.05, 4.69) is 17.3 Å². The van der Waals surface area contributed by atoms with Crippen LogP contribution in [0.15, 0.2) is 12.3 Å². The summed E-state index contributed by atoms with van der Waals surface area (Å²) in [6.45, 7) is 3.35. The van der Waals surface area contributed by atoms with Crippen molar-refractivity contribution < 1.29 is 5.11 Å². The summed E-state index contributed by atoms with van der Waals surface area (Å²) in [7, 11) is 1.96. The largest absolute Gasteiger partial charge is 0.396 e. The van der Waals surface area contributed by atoms with Crippen LogP contribution in [0.2, 0.25) is 0 Å². The van der Waals surface area contributed by atoms with Crippen LogP contribution in [0.5, 0.6) is 0 Å². The molecule has 1 unspecified atom stereocenters. The molecule has 17 heavy (non-hydrogen) atoms. The summed E-state index contributed by atoms with van der Waals surface area (Å²) >= 11 is 0. The number of rotatable bonds is 5. The molecule has 4 nitrogen and oxygen atoms in total. The molecule has 1 aromatic heterocycles. The molecule has 0 saturated heterocycles. The van der Waals surface area contributed by atoms with Crippen molar-refractivity contribution in [3.05, 3.63) is 18.0 Å². The summed E-state index contributed by atoms with van der Waals surface area (Å²) in [6.07, 6.45) is 6.62. The minimum absolute atomic E-state index is 0.118. The lowest BCUT2D eigenvalue weighted by Gasteiger charge is -2.28. The van der Waals surface area contributed by atoms with Crippen LogP contribution in [-0.2, 0) is 7.05 Å². The van der Waals surface area contributed by atoms with Gasteiger partial charge < -0.3 is 10.4 Å². The Morgan fingerprint density at radius 1 is 1.53 bits per heavy atom. The van der Waals surface area contributed by atoms with Crippen LogP contribution in [-0.4, -0.2) is 28.0 Å². The van der Waals surface area contributed by atoms with Crippen LogP contribution in [0.25, 0.3) is 0 Å². The molecule has 4 heteroatoms. The van der Waals surface area contributed by atoms with E-state index in [0.717, 1.165) is 19.4 Å². The number of aromatic nitrogens is 2. The van der Waals surface area contributed by atoms with Gasteiger partial charge in [0, 0.05) is 37.9 Å². The third-order valence-electron chi connectivity index (χ3n) is 4.09. The van der Waals surface area contributed by atoms with Crippen molar-refractivity contribution in [1.82, 2.24) is 15.1 Å². The summed E-state index contributed by atoms with van der Waals surface area (Å²) in [5.74, 6) is 0. The van der Waals surface area contributed by atoms with Gasteiger partial charge >= 0.3 is 0 Å². The fourth-order valence-electron chi connectivity index (χ4n) is 2.80. The molecule has 0 amide bonds. The van der Waals surface area contributed by atoms with Gasteiger partial charge in [-0.3, -0.25) is 4.68 Å². The zero-order valence-corrected chi connectivity index (χ0v) is 10.8. The molecule has 1 aromatic rings. The number of aliphatic hydroxyl groups is 1. The van der Waals surface area contributed by atoms with Crippen molar-refractivity contribution in [2.75, 3.05) is 13.2 Å². The maximum absolute atomic E-state index is 9.56. The quantitative estimate of drug-likeness (QED) is 0.818. The Morgan fingerprint density at radius 2 is 2.24 bits per heavy atom. The molecule has 1 heterocycles. The van der Waals surface area contributed by atoms with E-state index in [0.29, 0.717) is 6.61 Å². The molecular formula is C13H23N3O. The van der Waals surface area contributed by atoms with Gasteiger partial charge in [0.2, 0.25) is 0 Å². The second kappa shape index (κ2) is 5.19. The molecule has 1 fully saturated rings. The van der Waals surface area contributed by atoms with Crippen LogP contribution in [0.3, 0.4) is 0 Å². The third kappa shape index (κ3) is 2.69. The number of hydrogen-bond donors (Lipinski definition) is 2. The lowest BCUT2D eigenvalue weighted by Crippen LogP contribution is -2.36. The second-order valence-corrected chi connectivity index (χ2v) is 5.35. The van der Waals surface area contributed by atoms with E-state index >= 15 is 0 Å². The Kier molecular flexibility index (Phi) is 3.84. The Hall–Kier alpha value is -0.870. The Labute approximate surface area is 103 Å². The van der Waals surface area contributed by atoms with Crippen molar-refractivity contribution in [1.29, 1.82) is 0 Å². The summed E-state index contributed by atoms with van der Waals surface area (Å²) in [5.41, 5.74) is 1.31. The molecule has 1 aliphatic carbocycles. The van der Waals surface area contributed by atoms with Gasteiger partial charge in [0.25, 0.3) is 0 Å². The molecule has 0 radical (unpaired) electrons. The lowest BCUT2D eigenvalue weighted by atomic mass is 9.87. The topological polar surface area (TPSA) is 50.1 Å². The number of nitrogens with one attached hydrogen (secondary N) is 1. The molecule has 2 rings (SSSR count). The van der Waals surface area contributed by atoms with E-state index < -0.39 is 0 Å². The highest BCUT2D eigenvalue weighted by molar-refractivity contribution is 5.05. The summed E-state index contributed by atoms with van der Waals surface area (Å²) in [6, 6.07) is 2.32. The minimum Gasteiger partial charge on any atom is -0.396 e. The van der Waals surface area contributed by atoms with Crippen molar-refractivity contribution in [2.45, 2.75) is 38.6 Å². The molecule has 96 valence electrons. The van der Waals surface area contributed by atoms with Gasteiger partial charge in [-0.15, -0.1) is 0 Å². The Morgan fingerprint density at radius 3 is 2.76 bits per heavy atom. The van der Waals surface area contributed by atoms with Gasteiger partial charge in [-0.05, 0) is 25.8 Å². The van der Waals surface area contributed by atoms with E-state index in [1.807, 2.05) is 24.0 Å². The maximum Gasteiger partial charge on any atom is 0.0547 e. The molecule has 0 spiro atoms. The van der Waals surface area contributed by atoms with E-state index in [1.165, 1.54) is 18.5 Å². The zero-order valence-electron chi connectivity index (χ0n) is 10.8. The van der Waals surface area contributed by atoms with Crippen LogP contribution in [0.4, 0.5) is 0 Å². The third-order valence-corrected chi connectivity index (χ3v) is 4.09. The Balaban J connectivity index is 1.91. The van der Waals surface area contributed by atoms with E-state index in [-0.39, 0.29) is 11.5 Å². The minimum atomic E-state index is 0.118. The van der Waals surface area contributed by atoms with Gasteiger partial charge in [-0.1, -0.05) is 12.8 Å². The Bertz CT molecular complexity index is 355. The highest BCUT2D eigenvalue weighted by Gasteiger charge is 2.33. The molecule has 0 aromatic carbocycles. The average molecular weight is 237 g/mol. The lowest BCUT2D eigenvalue weighted by molar-refractivity contribution is 0.125. The number of aliphatic hydroxyl groups excluding tert-OH is 1. The number of nitrogens with zero attached hydrogens (tertiary/aromatic N) is 2. The molecular weight excluding hydrogens is 214 g/mol. The molecule has 1 saturated carbocycles. The monoisotopic (exact) mass is 237 g/mol. The second-order valence-electron chi connectivity index (χ2n) is 5.35. The molecule has 0 bridgehead atoms. The van der Waals surface area contributed by atoms with Crippen molar-refractivity contribution in [3.63, 3.8) is 0 Å². The predicted octanol–water partition coefficient (Wildman–Crippen LogP) is 1.62. The summed E-state index contributed by atoms with van der Waals surface area (Å²) < 4.78 is 1.90. The van der Waals surface area contributed by atoms with E-state index in [4.69, 9.17) is 0 Å². The SMILES string of the molecule is CC(NCC1(CO)CCCC1)c1ccnn1C. The highest BCUT2D eigenvalue weighted by atomic mass is 16.3. The van der Waals surface area contributed by atoms with Crippen molar-refractivity contribution in [3.8, 4) is 0 Å². The van der Waals surface area contributed by atoms with Crippen molar-refractivity contribution >= 4 is 0 Å². The number of hydrogen-bond acceptors (Lipinski definition) is 3. The normalized spacial score (nSPS) is 20.6. The first kappa shape index (κ1) is 12.6. The average Bonchev–Trinajstić information content (AvgIpc) is 2.95. The highest BCUT2D eigenvalue weighted by Crippen LogP contribution is 2.37. The van der Waals surface area contributed by atoms with Crippen LogP contribution < -0.4 is 5.32 Å². The van der Waals surface area contributed by atoms with Gasteiger partial charge in [-0.2, -0.15) is 5.10 Å². The first-order valence-corrected chi connectivity index (χ1v) is 6.49. The number of aryl methyl sites for hydroxylation is 1. The summed E-state index contributed by atoms with van der Waals surface area (Å²) in [5, 5.41) is 17.3. The first-order chi connectivity index (χ1) is 8.17. The molecule has 0 aliphatic heterocycles. The maximum atomic E-state index is 9.56. The van der Waals surface area contributed by atoms with Gasteiger partial charge in [0.1, 0.15) is 0 Å². The van der Waals surface area contributed by atoms with Crippen LogP contribution in [0.1, 0.15) is 44.3 Å². The standard InChI is InChI=1S/C13H23N3O/c1-11(12-5-8-15-16(12)2)14-9-13(10-17)6-3-4-7-13/h5,8,11,14,17H,3-4,6-7,9-10H2,1-2H3. The van der Waals surface area contributed by atoms with Gasteiger partial charge in [0.15, 0.2) is 0 Å². The first-order valence-electron chi connectivity index (χ1n) is 6.49. The van der Waals surface area contributed by atoms with E-state index in [9.17, 15) is 5.11 Å². The zero-order chi connectivity index (χ0) is 12.3. The predicted molar refractivity (Wildman–Crippen MR) is 67.6 cm³/mol. The van der Waals surface area contributed by atoms with E-state index in [1.54, 1.807) is 0 Å². The fourth-order valence-corrected chi connectivity index (χ4v) is 2.80.